The van der Waals surface area contributed by atoms with Gasteiger partial charge in [-0.1, -0.05) is 0 Å². The molecule has 21 heavy (non-hydrogen) atoms. The lowest BCUT2D eigenvalue weighted by molar-refractivity contribution is -0.276. The number of rotatable bonds is 5. The molecule has 4 nitrogen and oxygen atoms in total. The molecule has 1 heterocycles. The number of hydrogen-bond acceptors (Lipinski definition) is 4. The summed E-state index contributed by atoms with van der Waals surface area (Å²) in [6.07, 6.45) is -8.16. The van der Waals surface area contributed by atoms with Gasteiger partial charge in [0, 0.05) is 20.9 Å². The van der Waals surface area contributed by atoms with Gasteiger partial charge in [-0.15, -0.1) is 13.2 Å². The van der Waals surface area contributed by atoms with E-state index in [0.29, 0.717) is 0 Å². The number of aromatic nitrogens is 1. The van der Waals surface area contributed by atoms with E-state index in [-0.39, 0.29) is 10.2 Å². The standard InChI is InChI=1S/C11H9F5INO3/c1-2-20-7(19)3-5-8(9(12)13)6(17)4-18-10(5)21-11(14,15)16/h4,9H,2-3H2,1H3. The number of halogens is 6. The highest BCUT2D eigenvalue weighted by atomic mass is 127. The third kappa shape index (κ3) is 5.25. The zero-order chi connectivity index (χ0) is 16.2. The van der Waals surface area contributed by atoms with Crippen molar-refractivity contribution in [2.24, 2.45) is 0 Å². The van der Waals surface area contributed by atoms with Crippen LogP contribution in [0.4, 0.5) is 22.0 Å². The van der Waals surface area contributed by atoms with Gasteiger partial charge in [0.05, 0.1) is 13.0 Å². The Kier molecular flexibility index (Phi) is 6.10. The second kappa shape index (κ2) is 7.18. The summed E-state index contributed by atoms with van der Waals surface area (Å²) >= 11 is 1.49. The molecule has 0 saturated heterocycles. The predicted molar refractivity (Wildman–Crippen MR) is 68.9 cm³/mol. The summed E-state index contributed by atoms with van der Waals surface area (Å²) in [7, 11) is 0. The average molecular weight is 425 g/mol. The van der Waals surface area contributed by atoms with Crippen molar-refractivity contribution in [2.45, 2.75) is 26.1 Å². The van der Waals surface area contributed by atoms with Crippen LogP contribution in [-0.4, -0.2) is 23.9 Å². The van der Waals surface area contributed by atoms with E-state index >= 15 is 0 Å². The van der Waals surface area contributed by atoms with Crippen molar-refractivity contribution in [3.8, 4) is 5.88 Å². The molecule has 0 aliphatic rings. The van der Waals surface area contributed by atoms with E-state index in [0.717, 1.165) is 6.20 Å². The highest BCUT2D eigenvalue weighted by Crippen LogP contribution is 2.35. The number of carbonyl (C=O) groups excluding carboxylic acids is 1. The Balaban J connectivity index is 3.30. The number of pyridine rings is 1. The Morgan fingerprint density at radius 3 is 2.52 bits per heavy atom. The van der Waals surface area contributed by atoms with Crippen molar-refractivity contribution in [1.82, 2.24) is 4.98 Å². The molecular formula is C11H9F5INO3. The topological polar surface area (TPSA) is 48.4 Å². The summed E-state index contributed by atoms with van der Waals surface area (Å²) in [4.78, 5) is 14.7. The minimum atomic E-state index is -5.11. The van der Waals surface area contributed by atoms with Gasteiger partial charge >= 0.3 is 12.3 Å². The normalized spacial score (nSPS) is 11.6. The average Bonchev–Trinajstić information content (AvgIpc) is 2.31. The number of ether oxygens (including phenoxy) is 2. The molecule has 1 aromatic heterocycles. The molecule has 0 unspecified atom stereocenters. The van der Waals surface area contributed by atoms with Crippen LogP contribution < -0.4 is 4.74 Å². The van der Waals surface area contributed by atoms with Crippen molar-refractivity contribution in [3.63, 3.8) is 0 Å². The Bertz CT molecular complexity index is 521. The zero-order valence-corrected chi connectivity index (χ0v) is 12.7. The Hall–Kier alpha value is -1.20. The maximum absolute atomic E-state index is 13.0. The van der Waals surface area contributed by atoms with Crippen LogP contribution >= 0.6 is 22.6 Å². The number of alkyl halides is 5. The van der Waals surface area contributed by atoms with Gasteiger partial charge in [0.25, 0.3) is 6.43 Å². The Morgan fingerprint density at radius 2 is 2.05 bits per heavy atom. The largest absolute Gasteiger partial charge is 0.574 e. The van der Waals surface area contributed by atoms with Crippen molar-refractivity contribution in [3.05, 3.63) is 20.9 Å². The number of hydrogen-bond donors (Lipinski definition) is 0. The number of carbonyl (C=O) groups is 1. The summed E-state index contributed by atoms with van der Waals surface area (Å²) < 4.78 is 70.9. The molecule has 0 saturated carbocycles. The predicted octanol–water partition coefficient (Wildman–Crippen LogP) is 3.63. The van der Waals surface area contributed by atoms with Crippen molar-refractivity contribution in [1.29, 1.82) is 0 Å². The molecule has 0 bridgehead atoms. The maximum atomic E-state index is 13.0. The van der Waals surface area contributed by atoms with Gasteiger partial charge in [-0.2, -0.15) is 0 Å². The molecule has 0 amide bonds. The molecule has 1 aromatic rings. The monoisotopic (exact) mass is 425 g/mol. The van der Waals surface area contributed by atoms with E-state index in [4.69, 9.17) is 0 Å². The molecular weight excluding hydrogens is 416 g/mol. The summed E-state index contributed by atoms with van der Waals surface area (Å²) in [6.45, 7) is 1.45. The van der Waals surface area contributed by atoms with Gasteiger partial charge in [0.1, 0.15) is 0 Å². The van der Waals surface area contributed by atoms with Crippen LogP contribution in [0.2, 0.25) is 0 Å². The van der Waals surface area contributed by atoms with Crippen molar-refractivity contribution in [2.75, 3.05) is 6.61 Å². The van der Waals surface area contributed by atoms with Gasteiger partial charge in [-0.25, -0.2) is 13.8 Å². The molecule has 0 aliphatic heterocycles. The fourth-order valence-corrected chi connectivity index (χ4v) is 2.18. The minimum absolute atomic E-state index is 0.0321. The second-order valence-electron chi connectivity index (χ2n) is 3.63. The second-order valence-corrected chi connectivity index (χ2v) is 4.80. The van der Waals surface area contributed by atoms with Gasteiger partial charge in [0.15, 0.2) is 0 Å². The molecule has 118 valence electrons. The first-order valence-corrected chi connectivity index (χ1v) is 6.60. The van der Waals surface area contributed by atoms with E-state index in [2.05, 4.69) is 14.5 Å². The van der Waals surface area contributed by atoms with E-state index in [1.807, 2.05) is 0 Å². The van der Waals surface area contributed by atoms with E-state index in [9.17, 15) is 26.7 Å². The van der Waals surface area contributed by atoms with Crippen LogP contribution in [0.1, 0.15) is 24.5 Å². The summed E-state index contributed by atoms with van der Waals surface area (Å²) in [6, 6.07) is 0. The quantitative estimate of drug-likeness (QED) is 0.411. The summed E-state index contributed by atoms with van der Waals surface area (Å²) in [5, 5.41) is 0. The van der Waals surface area contributed by atoms with Gasteiger partial charge in [-0.3, -0.25) is 4.79 Å². The third-order valence-electron chi connectivity index (χ3n) is 2.19. The molecule has 0 fully saturated rings. The Morgan fingerprint density at radius 1 is 1.43 bits per heavy atom. The highest BCUT2D eigenvalue weighted by Gasteiger charge is 2.35. The third-order valence-corrected chi connectivity index (χ3v) is 3.05. The maximum Gasteiger partial charge on any atom is 0.574 e. The first kappa shape index (κ1) is 17.9. The van der Waals surface area contributed by atoms with Crippen LogP contribution in [0.25, 0.3) is 0 Å². The molecule has 0 N–H and O–H groups in total. The molecule has 10 heteroatoms. The van der Waals surface area contributed by atoms with Crippen LogP contribution in [0.5, 0.6) is 5.88 Å². The molecule has 0 aliphatic carbocycles. The highest BCUT2D eigenvalue weighted by molar-refractivity contribution is 14.1. The SMILES string of the molecule is CCOC(=O)Cc1c(OC(F)(F)F)ncc(I)c1C(F)F. The van der Waals surface area contributed by atoms with Crippen LogP contribution in [0, 0.1) is 3.57 Å². The van der Waals surface area contributed by atoms with Gasteiger partial charge < -0.3 is 9.47 Å². The van der Waals surface area contributed by atoms with Crippen LogP contribution in [-0.2, 0) is 16.0 Å². The molecule has 0 spiro atoms. The summed E-state index contributed by atoms with van der Waals surface area (Å²) in [5.41, 5.74) is -1.36. The lowest BCUT2D eigenvalue weighted by atomic mass is 10.1. The van der Waals surface area contributed by atoms with E-state index in [1.54, 1.807) is 0 Å². The zero-order valence-electron chi connectivity index (χ0n) is 10.5. The van der Waals surface area contributed by atoms with Gasteiger partial charge in [0.2, 0.25) is 5.88 Å². The van der Waals surface area contributed by atoms with E-state index in [1.165, 1.54) is 29.5 Å². The van der Waals surface area contributed by atoms with Crippen LogP contribution in [0.15, 0.2) is 6.20 Å². The van der Waals surface area contributed by atoms with E-state index < -0.39 is 42.2 Å². The fraction of sp³-hybridized carbons (Fsp3) is 0.455. The molecule has 0 atom stereocenters. The smallest absolute Gasteiger partial charge is 0.466 e. The number of esters is 1. The first-order valence-electron chi connectivity index (χ1n) is 5.52. The molecule has 0 radical (unpaired) electrons. The minimum Gasteiger partial charge on any atom is -0.466 e. The lowest BCUT2D eigenvalue weighted by Gasteiger charge is -2.16. The first-order chi connectivity index (χ1) is 9.65. The van der Waals surface area contributed by atoms with Gasteiger partial charge in [-0.05, 0) is 29.5 Å². The number of nitrogens with zero attached hydrogens (tertiary/aromatic N) is 1. The Labute approximate surface area is 129 Å². The molecule has 0 aromatic carbocycles. The molecule has 1 rings (SSSR count). The van der Waals surface area contributed by atoms with Crippen molar-refractivity contribution >= 4 is 28.6 Å². The summed E-state index contributed by atoms with van der Waals surface area (Å²) in [5.74, 6) is -2.03. The van der Waals surface area contributed by atoms with Crippen molar-refractivity contribution < 1.29 is 36.2 Å². The fourth-order valence-electron chi connectivity index (χ4n) is 1.48. The lowest BCUT2D eigenvalue weighted by Crippen LogP contribution is -2.21. The van der Waals surface area contributed by atoms with Crippen LogP contribution in [0.3, 0.4) is 0 Å².